The number of carbonyl (C=O) groups is 2. The Balaban J connectivity index is 3.43. The van der Waals surface area contributed by atoms with E-state index in [9.17, 15) is 19.7 Å². The second-order valence-electron chi connectivity index (χ2n) is 3.38. The Kier molecular flexibility index (Phi) is 3.62. The highest BCUT2D eigenvalue weighted by Gasteiger charge is 2.30. The third-order valence-electron chi connectivity index (χ3n) is 2.18. The van der Waals surface area contributed by atoms with Crippen molar-refractivity contribution in [3.63, 3.8) is 0 Å². The monoisotopic (exact) mass is 240 g/mol. The Morgan fingerprint density at radius 3 is 2.53 bits per heavy atom. The summed E-state index contributed by atoms with van der Waals surface area (Å²) in [7, 11) is 1.45. The highest BCUT2D eigenvalue weighted by atomic mass is 16.6. The zero-order chi connectivity index (χ0) is 13.2. The fourth-order valence-electron chi connectivity index (χ4n) is 1.54. The van der Waals surface area contributed by atoms with Gasteiger partial charge in [-0.15, -0.1) is 0 Å². The van der Waals surface area contributed by atoms with Gasteiger partial charge in [0.2, 0.25) is 0 Å². The van der Waals surface area contributed by atoms with E-state index in [1.165, 1.54) is 18.5 Å². The lowest BCUT2D eigenvalue weighted by Gasteiger charge is -2.03. The first-order chi connectivity index (χ1) is 7.90. The van der Waals surface area contributed by atoms with Gasteiger partial charge in [-0.2, -0.15) is 0 Å². The van der Waals surface area contributed by atoms with Crippen LogP contribution in [-0.4, -0.2) is 27.8 Å². The zero-order valence-corrected chi connectivity index (χ0v) is 9.72. The molecule has 0 saturated heterocycles. The molecule has 1 aromatic rings. The van der Waals surface area contributed by atoms with Crippen LogP contribution in [0.2, 0.25) is 0 Å². The summed E-state index contributed by atoms with van der Waals surface area (Å²) in [6.45, 7) is 2.92. The fourth-order valence-corrected chi connectivity index (χ4v) is 1.54. The predicted molar refractivity (Wildman–Crippen MR) is 58.0 cm³/mol. The van der Waals surface area contributed by atoms with Crippen LogP contribution in [0.1, 0.15) is 34.7 Å². The Morgan fingerprint density at radius 2 is 2.12 bits per heavy atom. The predicted octanol–water partition coefficient (Wildman–Crippen LogP) is 1.31. The molecule has 17 heavy (non-hydrogen) atoms. The van der Waals surface area contributed by atoms with Gasteiger partial charge in [-0.3, -0.25) is 14.9 Å². The van der Waals surface area contributed by atoms with Gasteiger partial charge < -0.3 is 9.30 Å². The van der Waals surface area contributed by atoms with E-state index >= 15 is 0 Å². The molecule has 7 nitrogen and oxygen atoms in total. The van der Waals surface area contributed by atoms with Gasteiger partial charge in [0.15, 0.2) is 5.78 Å². The number of rotatable bonds is 4. The molecule has 0 amide bonds. The molecule has 0 saturated carbocycles. The lowest BCUT2D eigenvalue weighted by molar-refractivity contribution is -0.385. The smallest absolute Gasteiger partial charge is 0.355 e. The standard InChI is InChI=1S/C10H12N2O5/c1-4-17-10(14)9-8(6(2)13)7(12(15)16)5-11(9)3/h5H,4H2,1-3H3. The summed E-state index contributed by atoms with van der Waals surface area (Å²) in [5.74, 6) is -1.28. The lowest BCUT2D eigenvalue weighted by Crippen LogP contribution is -2.13. The molecule has 1 heterocycles. The third kappa shape index (κ3) is 2.32. The van der Waals surface area contributed by atoms with Gasteiger partial charge in [-0.25, -0.2) is 4.79 Å². The van der Waals surface area contributed by atoms with Gasteiger partial charge in [-0.1, -0.05) is 0 Å². The number of ether oxygens (including phenoxy) is 1. The van der Waals surface area contributed by atoms with Crippen molar-refractivity contribution >= 4 is 17.4 Å². The SMILES string of the molecule is CCOC(=O)c1c(C(C)=O)c([N+](=O)[O-])cn1C. The molecule has 7 heteroatoms. The average molecular weight is 240 g/mol. The van der Waals surface area contributed by atoms with Crippen LogP contribution < -0.4 is 0 Å². The summed E-state index contributed by atoms with van der Waals surface area (Å²) in [6.07, 6.45) is 1.13. The molecule has 0 aliphatic carbocycles. The summed E-state index contributed by atoms with van der Waals surface area (Å²) in [5, 5.41) is 10.8. The van der Waals surface area contributed by atoms with Crippen LogP contribution in [0, 0.1) is 10.1 Å². The third-order valence-corrected chi connectivity index (χ3v) is 2.18. The summed E-state index contributed by atoms with van der Waals surface area (Å²) in [4.78, 5) is 33.1. The Morgan fingerprint density at radius 1 is 1.53 bits per heavy atom. The average Bonchev–Trinajstić information content (AvgIpc) is 2.56. The molecule has 0 radical (unpaired) electrons. The lowest BCUT2D eigenvalue weighted by atomic mass is 10.1. The van der Waals surface area contributed by atoms with Crippen LogP contribution in [0.25, 0.3) is 0 Å². The van der Waals surface area contributed by atoms with E-state index in [0.717, 1.165) is 6.20 Å². The minimum Gasteiger partial charge on any atom is -0.461 e. The van der Waals surface area contributed by atoms with Crippen molar-refractivity contribution in [3.8, 4) is 0 Å². The second-order valence-corrected chi connectivity index (χ2v) is 3.38. The van der Waals surface area contributed by atoms with Crippen LogP contribution in [-0.2, 0) is 11.8 Å². The molecule has 0 aliphatic heterocycles. The number of aromatic nitrogens is 1. The van der Waals surface area contributed by atoms with E-state index in [0.29, 0.717) is 0 Å². The van der Waals surface area contributed by atoms with E-state index in [1.54, 1.807) is 6.92 Å². The molecule has 1 rings (SSSR count). The topological polar surface area (TPSA) is 91.4 Å². The molecule has 0 atom stereocenters. The van der Waals surface area contributed by atoms with Gasteiger partial charge >= 0.3 is 5.97 Å². The van der Waals surface area contributed by atoms with Crippen LogP contribution in [0.15, 0.2) is 6.20 Å². The highest BCUT2D eigenvalue weighted by molar-refractivity contribution is 6.07. The van der Waals surface area contributed by atoms with Crippen LogP contribution in [0.4, 0.5) is 5.69 Å². The second kappa shape index (κ2) is 4.77. The number of hydrogen-bond donors (Lipinski definition) is 0. The van der Waals surface area contributed by atoms with E-state index in [2.05, 4.69) is 0 Å². The minimum atomic E-state index is -0.742. The van der Waals surface area contributed by atoms with Crippen molar-refractivity contribution in [3.05, 3.63) is 27.6 Å². The first-order valence-electron chi connectivity index (χ1n) is 4.91. The number of aryl methyl sites for hydroxylation is 1. The number of ketones is 1. The minimum absolute atomic E-state index is 0.0916. The normalized spacial score (nSPS) is 10.1. The number of nitrogens with zero attached hydrogens (tertiary/aromatic N) is 2. The maximum absolute atomic E-state index is 11.6. The summed E-state index contributed by atoms with van der Waals surface area (Å²) in [6, 6.07) is 0. The summed E-state index contributed by atoms with van der Waals surface area (Å²) in [5.41, 5.74) is -0.690. The van der Waals surface area contributed by atoms with Gasteiger partial charge in [0.25, 0.3) is 5.69 Å². The van der Waals surface area contributed by atoms with Gasteiger partial charge in [-0.05, 0) is 13.8 Å². The molecule has 0 aliphatic rings. The maximum Gasteiger partial charge on any atom is 0.355 e. The van der Waals surface area contributed by atoms with E-state index in [4.69, 9.17) is 4.74 Å². The molecule has 0 unspecified atom stereocenters. The Bertz CT molecular complexity index is 489. The molecular formula is C10H12N2O5. The molecule has 0 N–H and O–H groups in total. The Labute approximate surface area is 97.1 Å². The molecular weight excluding hydrogens is 228 g/mol. The molecule has 0 fully saturated rings. The summed E-state index contributed by atoms with van der Waals surface area (Å²) < 4.78 is 5.99. The molecule has 0 bridgehead atoms. The van der Waals surface area contributed by atoms with E-state index in [-0.39, 0.29) is 23.6 Å². The van der Waals surface area contributed by atoms with E-state index in [1.807, 2.05) is 0 Å². The quantitative estimate of drug-likeness (QED) is 0.342. The molecule has 0 spiro atoms. The van der Waals surface area contributed by atoms with Gasteiger partial charge in [0.1, 0.15) is 11.3 Å². The molecule has 1 aromatic heterocycles. The van der Waals surface area contributed by atoms with Crippen molar-refractivity contribution in [1.29, 1.82) is 0 Å². The van der Waals surface area contributed by atoms with Gasteiger partial charge in [0, 0.05) is 7.05 Å². The highest BCUT2D eigenvalue weighted by Crippen LogP contribution is 2.25. The first-order valence-corrected chi connectivity index (χ1v) is 4.91. The van der Waals surface area contributed by atoms with Crippen LogP contribution in [0.5, 0.6) is 0 Å². The van der Waals surface area contributed by atoms with Crippen molar-refractivity contribution in [2.75, 3.05) is 6.61 Å². The summed E-state index contributed by atoms with van der Waals surface area (Å²) >= 11 is 0. The van der Waals surface area contributed by atoms with E-state index < -0.39 is 16.7 Å². The van der Waals surface area contributed by atoms with Gasteiger partial charge in [0.05, 0.1) is 17.7 Å². The number of esters is 1. The zero-order valence-electron chi connectivity index (χ0n) is 9.72. The number of hydrogen-bond acceptors (Lipinski definition) is 5. The first kappa shape index (κ1) is 12.9. The fraction of sp³-hybridized carbons (Fsp3) is 0.400. The maximum atomic E-state index is 11.6. The largest absolute Gasteiger partial charge is 0.461 e. The number of nitro groups is 1. The number of carbonyl (C=O) groups excluding carboxylic acids is 2. The molecule has 0 aromatic carbocycles. The van der Waals surface area contributed by atoms with Crippen molar-refractivity contribution < 1.29 is 19.2 Å². The molecule has 92 valence electrons. The Hall–Kier alpha value is -2.18. The van der Waals surface area contributed by atoms with Crippen molar-refractivity contribution in [2.45, 2.75) is 13.8 Å². The van der Waals surface area contributed by atoms with Crippen LogP contribution in [0.3, 0.4) is 0 Å². The van der Waals surface area contributed by atoms with Crippen molar-refractivity contribution in [1.82, 2.24) is 4.57 Å². The van der Waals surface area contributed by atoms with Crippen LogP contribution >= 0.6 is 0 Å². The number of Topliss-reactive ketones (excluding diaryl/α,β-unsaturated/α-hetero) is 1. The van der Waals surface area contributed by atoms with Crippen molar-refractivity contribution in [2.24, 2.45) is 7.05 Å².